The van der Waals surface area contributed by atoms with Crippen LogP contribution in [0.2, 0.25) is 0 Å². The zero-order valence-electron chi connectivity index (χ0n) is 15.0. The Labute approximate surface area is 149 Å². The van der Waals surface area contributed by atoms with Gasteiger partial charge in [0.1, 0.15) is 0 Å². The number of nitrogens with zero attached hydrogens (tertiary/aromatic N) is 2. The Hall–Kier alpha value is -1.92. The molecule has 1 aliphatic carbocycles. The van der Waals surface area contributed by atoms with Gasteiger partial charge in [-0.1, -0.05) is 12.1 Å². The lowest BCUT2D eigenvalue weighted by atomic mass is 10.1. The SMILES string of the molecule is CCO[C@H]1C[C@@H]1C(=O)Nc1ccc(CC(=O)N2CCN(C)CC2)cc1. The number of ether oxygens (including phenoxy) is 1. The van der Waals surface area contributed by atoms with Crippen LogP contribution in [-0.2, 0) is 20.7 Å². The number of piperazine rings is 1. The van der Waals surface area contributed by atoms with Crippen molar-refractivity contribution in [2.24, 2.45) is 5.92 Å². The molecule has 1 aromatic carbocycles. The molecule has 1 heterocycles. The molecular weight excluding hydrogens is 318 g/mol. The third kappa shape index (κ3) is 4.80. The fourth-order valence-electron chi connectivity index (χ4n) is 3.13. The molecule has 6 heteroatoms. The topological polar surface area (TPSA) is 61.9 Å². The largest absolute Gasteiger partial charge is 0.378 e. The molecule has 1 saturated carbocycles. The lowest BCUT2D eigenvalue weighted by molar-refractivity contribution is -0.132. The number of hydrogen-bond donors (Lipinski definition) is 1. The van der Waals surface area contributed by atoms with Crippen molar-refractivity contribution in [1.82, 2.24) is 9.80 Å². The molecule has 6 nitrogen and oxygen atoms in total. The van der Waals surface area contributed by atoms with Crippen molar-refractivity contribution in [1.29, 1.82) is 0 Å². The average Bonchev–Trinajstić information content (AvgIpc) is 3.37. The minimum Gasteiger partial charge on any atom is -0.378 e. The van der Waals surface area contributed by atoms with E-state index in [1.54, 1.807) is 0 Å². The Balaban J connectivity index is 1.47. The molecule has 1 saturated heterocycles. The zero-order valence-corrected chi connectivity index (χ0v) is 15.0. The number of likely N-dealkylation sites (N-methyl/N-ethyl adjacent to an activating group) is 1. The molecule has 1 N–H and O–H groups in total. The van der Waals surface area contributed by atoms with Crippen LogP contribution in [0.3, 0.4) is 0 Å². The molecule has 0 bridgehead atoms. The van der Waals surface area contributed by atoms with Gasteiger partial charge in [-0.05, 0) is 38.1 Å². The Morgan fingerprint density at radius 1 is 1.16 bits per heavy atom. The van der Waals surface area contributed by atoms with Crippen LogP contribution < -0.4 is 5.32 Å². The molecule has 2 amide bonds. The van der Waals surface area contributed by atoms with Gasteiger partial charge in [0.05, 0.1) is 18.4 Å². The summed E-state index contributed by atoms with van der Waals surface area (Å²) >= 11 is 0. The van der Waals surface area contributed by atoms with E-state index in [1.807, 2.05) is 36.1 Å². The first kappa shape index (κ1) is 17.9. The predicted molar refractivity (Wildman–Crippen MR) is 96.4 cm³/mol. The molecule has 1 aliphatic heterocycles. The summed E-state index contributed by atoms with van der Waals surface area (Å²) < 4.78 is 5.45. The van der Waals surface area contributed by atoms with E-state index in [9.17, 15) is 9.59 Å². The minimum atomic E-state index is -0.0292. The number of carbonyl (C=O) groups excluding carboxylic acids is 2. The van der Waals surface area contributed by atoms with Crippen LogP contribution in [0.1, 0.15) is 18.9 Å². The second-order valence-electron chi connectivity index (χ2n) is 6.88. The van der Waals surface area contributed by atoms with E-state index in [1.165, 1.54) is 0 Å². The third-order valence-electron chi connectivity index (χ3n) is 4.88. The summed E-state index contributed by atoms with van der Waals surface area (Å²) in [7, 11) is 2.08. The van der Waals surface area contributed by atoms with E-state index < -0.39 is 0 Å². The minimum absolute atomic E-state index is 0.0136. The Morgan fingerprint density at radius 3 is 2.48 bits per heavy atom. The molecule has 1 aromatic rings. The van der Waals surface area contributed by atoms with E-state index >= 15 is 0 Å². The van der Waals surface area contributed by atoms with E-state index in [0.29, 0.717) is 13.0 Å². The summed E-state index contributed by atoms with van der Waals surface area (Å²) in [5.74, 6) is 0.153. The maximum atomic E-state index is 12.4. The number of amides is 2. The third-order valence-corrected chi connectivity index (χ3v) is 4.88. The number of rotatable bonds is 6. The highest BCUT2D eigenvalue weighted by molar-refractivity contribution is 5.94. The van der Waals surface area contributed by atoms with E-state index in [4.69, 9.17) is 4.74 Å². The van der Waals surface area contributed by atoms with Crippen LogP contribution in [0, 0.1) is 5.92 Å². The molecule has 0 aromatic heterocycles. The summed E-state index contributed by atoms with van der Waals surface area (Å²) in [6, 6.07) is 7.55. The Kier molecular flexibility index (Phi) is 5.71. The maximum Gasteiger partial charge on any atom is 0.230 e. The van der Waals surface area contributed by atoms with E-state index in [2.05, 4.69) is 17.3 Å². The number of benzene rings is 1. The fraction of sp³-hybridized carbons (Fsp3) is 0.579. The Bertz CT molecular complexity index is 609. The van der Waals surface area contributed by atoms with E-state index in [-0.39, 0.29) is 23.8 Å². The summed E-state index contributed by atoms with van der Waals surface area (Å²) in [6.45, 7) is 6.04. The van der Waals surface area contributed by atoms with Crippen LogP contribution in [0.4, 0.5) is 5.69 Å². The molecule has 25 heavy (non-hydrogen) atoms. The molecular formula is C19H27N3O3. The van der Waals surface area contributed by atoms with Gasteiger partial charge in [-0.3, -0.25) is 9.59 Å². The van der Waals surface area contributed by atoms with Crippen molar-refractivity contribution >= 4 is 17.5 Å². The van der Waals surface area contributed by atoms with Crippen LogP contribution in [0.5, 0.6) is 0 Å². The molecule has 2 aliphatic rings. The highest BCUT2D eigenvalue weighted by Gasteiger charge is 2.43. The van der Waals surface area contributed by atoms with Gasteiger partial charge in [-0.15, -0.1) is 0 Å². The van der Waals surface area contributed by atoms with Crippen LogP contribution in [0.25, 0.3) is 0 Å². The molecule has 0 unspecified atom stereocenters. The molecule has 136 valence electrons. The van der Waals surface area contributed by atoms with Crippen LogP contribution >= 0.6 is 0 Å². The van der Waals surface area contributed by atoms with Crippen molar-refractivity contribution < 1.29 is 14.3 Å². The Morgan fingerprint density at radius 2 is 1.84 bits per heavy atom. The molecule has 2 atom stereocenters. The predicted octanol–water partition coefficient (Wildman–Crippen LogP) is 1.37. The first-order valence-electron chi connectivity index (χ1n) is 9.04. The second-order valence-corrected chi connectivity index (χ2v) is 6.88. The highest BCUT2D eigenvalue weighted by atomic mass is 16.5. The van der Waals surface area contributed by atoms with Crippen molar-refractivity contribution in [3.8, 4) is 0 Å². The smallest absolute Gasteiger partial charge is 0.230 e. The van der Waals surface area contributed by atoms with Crippen molar-refractivity contribution in [3.63, 3.8) is 0 Å². The van der Waals surface area contributed by atoms with Gasteiger partial charge in [-0.2, -0.15) is 0 Å². The normalized spacial score (nSPS) is 23.4. The molecule has 3 rings (SSSR count). The van der Waals surface area contributed by atoms with Crippen LogP contribution in [-0.4, -0.2) is 67.6 Å². The highest BCUT2D eigenvalue weighted by Crippen LogP contribution is 2.34. The van der Waals surface area contributed by atoms with Gasteiger partial charge in [-0.25, -0.2) is 0 Å². The van der Waals surface area contributed by atoms with Gasteiger partial charge in [0.15, 0.2) is 0 Å². The van der Waals surface area contributed by atoms with E-state index in [0.717, 1.165) is 43.9 Å². The first-order chi connectivity index (χ1) is 12.1. The second kappa shape index (κ2) is 7.97. The van der Waals surface area contributed by atoms with Gasteiger partial charge in [0.25, 0.3) is 0 Å². The average molecular weight is 345 g/mol. The summed E-state index contributed by atoms with van der Waals surface area (Å²) in [6.07, 6.45) is 1.29. The maximum absolute atomic E-state index is 12.4. The van der Waals surface area contributed by atoms with Gasteiger partial charge in [0.2, 0.25) is 11.8 Å². The molecule has 0 spiro atoms. The molecule has 0 radical (unpaired) electrons. The van der Waals surface area contributed by atoms with Gasteiger partial charge >= 0.3 is 0 Å². The van der Waals surface area contributed by atoms with Gasteiger partial charge in [0, 0.05) is 38.5 Å². The lowest BCUT2D eigenvalue weighted by Crippen LogP contribution is -2.47. The summed E-state index contributed by atoms with van der Waals surface area (Å²) in [5.41, 5.74) is 1.74. The fourth-order valence-corrected chi connectivity index (χ4v) is 3.13. The van der Waals surface area contributed by atoms with Crippen molar-refractivity contribution in [2.75, 3.05) is 45.2 Å². The quantitative estimate of drug-likeness (QED) is 0.846. The van der Waals surface area contributed by atoms with Crippen LogP contribution in [0.15, 0.2) is 24.3 Å². The van der Waals surface area contributed by atoms with Crippen molar-refractivity contribution in [2.45, 2.75) is 25.9 Å². The summed E-state index contributed by atoms with van der Waals surface area (Å²) in [5, 5.41) is 2.92. The zero-order chi connectivity index (χ0) is 17.8. The summed E-state index contributed by atoms with van der Waals surface area (Å²) in [4.78, 5) is 28.6. The standard InChI is InChI=1S/C19H27N3O3/c1-3-25-17-13-16(17)19(24)20-15-6-4-14(5-7-15)12-18(23)22-10-8-21(2)9-11-22/h4-7,16-17H,3,8-13H2,1-2H3,(H,20,24)/t16-,17-/m0/s1. The number of anilines is 1. The van der Waals surface area contributed by atoms with Crippen molar-refractivity contribution in [3.05, 3.63) is 29.8 Å². The number of nitrogens with one attached hydrogen (secondary N) is 1. The van der Waals surface area contributed by atoms with Gasteiger partial charge < -0.3 is 19.9 Å². The lowest BCUT2D eigenvalue weighted by Gasteiger charge is -2.32. The molecule has 2 fully saturated rings. The monoisotopic (exact) mass is 345 g/mol. The first-order valence-corrected chi connectivity index (χ1v) is 9.04. The number of hydrogen-bond acceptors (Lipinski definition) is 4. The number of carbonyl (C=O) groups is 2.